The molecular formula is C14H19NO3. The van der Waals surface area contributed by atoms with E-state index in [-0.39, 0.29) is 5.75 Å². The lowest BCUT2D eigenvalue weighted by molar-refractivity contribution is 0.0534. The van der Waals surface area contributed by atoms with Gasteiger partial charge in [0, 0.05) is 12.1 Å². The quantitative estimate of drug-likeness (QED) is 0.866. The highest BCUT2D eigenvalue weighted by Crippen LogP contribution is 2.16. The highest BCUT2D eigenvalue weighted by molar-refractivity contribution is 5.68. The first-order valence-corrected chi connectivity index (χ1v) is 5.80. The molecule has 1 amide bonds. The number of benzene rings is 1. The topological polar surface area (TPSA) is 58.6 Å². The number of amides is 1. The second kappa shape index (κ2) is 6.10. The lowest BCUT2D eigenvalue weighted by atomic mass is 10.2. The number of phenols is 1. The van der Waals surface area contributed by atoms with Crippen molar-refractivity contribution in [2.75, 3.05) is 6.54 Å². The summed E-state index contributed by atoms with van der Waals surface area (Å²) in [6.07, 6.45) is 3.04. The Morgan fingerprint density at radius 2 is 2.06 bits per heavy atom. The van der Waals surface area contributed by atoms with Crippen molar-refractivity contribution in [1.82, 2.24) is 5.32 Å². The first-order chi connectivity index (χ1) is 8.38. The Hall–Kier alpha value is -1.97. The first-order valence-electron chi connectivity index (χ1n) is 5.80. The van der Waals surface area contributed by atoms with Gasteiger partial charge < -0.3 is 15.2 Å². The fraction of sp³-hybridized carbons (Fsp3) is 0.357. The van der Waals surface area contributed by atoms with Crippen LogP contribution in [0.25, 0.3) is 6.08 Å². The summed E-state index contributed by atoms with van der Waals surface area (Å²) in [4.78, 5) is 11.3. The van der Waals surface area contributed by atoms with Crippen molar-refractivity contribution in [2.24, 2.45) is 0 Å². The van der Waals surface area contributed by atoms with Gasteiger partial charge in [0.1, 0.15) is 11.4 Å². The van der Waals surface area contributed by atoms with Crippen molar-refractivity contribution >= 4 is 12.2 Å². The fourth-order valence-corrected chi connectivity index (χ4v) is 1.27. The third-order valence-electron chi connectivity index (χ3n) is 2.00. The van der Waals surface area contributed by atoms with Crippen LogP contribution in [-0.4, -0.2) is 23.3 Å². The highest BCUT2D eigenvalue weighted by Gasteiger charge is 2.14. The molecule has 0 unspecified atom stereocenters. The summed E-state index contributed by atoms with van der Waals surface area (Å²) in [6, 6.07) is 6.99. The molecule has 0 radical (unpaired) electrons. The molecular weight excluding hydrogens is 230 g/mol. The van der Waals surface area contributed by atoms with E-state index in [1.54, 1.807) is 30.4 Å². The monoisotopic (exact) mass is 249 g/mol. The van der Waals surface area contributed by atoms with Gasteiger partial charge >= 0.3 is 6.09 Å². The van der Waals surface area contributed by atoms with Crippen molar-refractivity contribution in [3.05, 3.63) is 35.9 Å². The van der Waals surface area contributed by atoms with Crippen LogP contribution >= 0.6 is 0 Å². The van der Waals surface area contributed by atoms with E-state index in [4.69, 9.17) is 4.74 Å². The molecule has 0 spiro atoms. The molecule has 0 aliphatic heterocycles. The molecule has 0 saturated heterocycles. The molecule has 0 saturated carbocycles. The minimum absolute atomic E-state index is 0.214. The minimum atomic E-state index is -0.495. The Labute approximate surface area is 107 Å². The fourth-order valence-electron chi connectivity index (χ4n) is 1.27. The summed E-state index contributed by atoms with van der Waals surface area (Å²) in [6.45, 7) is 5.78. The van der Waals surface area contributed by atoms with E-state index < -0.39 is 11.7 Å². The van der Waals surface area contributed by atoms with E-state index in [1.807, 2.05) is 26.8 Å². The van der Waals surface area contributed by atoms with Crippen LogP contribution in [0.5, 0.6) is 5.75 Å². The highest BCUT2D eigenvalue weighted by atomic mass is 16.6. The molecule has 0 atom stereocenters. The molecule has 18 heavy (non-hydrogen) atoms. The number of ether oxygens (including phenoxy) is 1. The van der Waals surface area contributed by atoms with Crippen molar-refractivity contribution in [3.8, 4) is 5.75 Å². The van der Waals surface area contributed by atoms with Crippen LogP contribution in [0, 0.1) is 0 Å². The molecule has 0 aromatic heterocycles. The van der Waals surface area contributed by atoms with Crippen LogP contribution in [0.15, 0.2) is 30.3 Å². The van der Waals surface area contributed by atoms with E-state index in [0.29, 0.717) is 12.1 Å². The standard InChI is InChI=1S/C14H19NO3/c1-14(2,3)18-13(17)15-10-6-8-11-7-4-5-9-12(11)16/h4-9,16H,10H2,1-3H3,(H,15,17). The van der Waals surface area contributed by atoms with Crippen LogP contribution < -0.4 is 5.32 Å². The predicted octanol–water partition coefficient (Wildman–Crippen LogP) is 2.93. The Kier molecular flexibility index (Phi) is 4.77. The van der Waals surface area contributed by atoms with E-state index in [0.717, 1.165) is 0 Å². The number of aromatic hydroxyl groups is 1. The van der Waals surface area contributed by atoms with Gasteiger partial charge in [-0.2, -0.15) is 0 Å². The third-order valence-corrected chi connectivity index (χ3v) is 2.00. The Balaban J connectivity index is 2.38. The molecule has 4 nitrogen and oxygen atoms in total. The summed E-state index contributed by atoms with van der Waals surface area (Å²) >= 11 is 0. The number of hydrogen-bond acceptors (Lipinski definition) is 3. The Morgan fingerprint density at radius 3 is 2.67 bits per heavy atom. The normalized spacial score (nSPS) is 11.5. The molecule has 4 heteroatoms. The maximum atomic E-state index is 11.3. The maximum absolute atomic E-state index is 11.3. The van der Waals surface area contributed by atoms with Crippen molar-refractivity contribution < 1.29 is 14.6 Å². The first kappa shape index (κ1) is 14.1. The van der Waals surface area contributed by atoms with Crippen molar-refractivity contribution in [2.45, 2.75) is 26.4 Å². The number of para-hydroxylation sites is 1. The molecule has 2 N–H and O–H groups in total. The van der Waals surface area contributed by atoms with Crippen molar-refractivity contribution in [1.29, 1.82) is 0 Å². The number of nitrogens with one attached hydrogen (secondary N) is 1. The van der Waals surface area contributed by atoms with E-state index in [2.05, 4.69) is 5.32 Å². The van der Waals surface area contributed by atoms with Gasteiger partial charge in [0.05, 0.1) is 0 Å². The number of rotatable bonds is 3. The lowest BCUT2D eigenvalue weighted by Gasteiger charge is -2.19. The van der Waals surface area contributed by atoms with E-state index >= 15 is 0 Å². The maximum Gasteiger partial charge on any atom is 0.407 e. The summed E-state index contributed by atoms with van der Waals surface area (Å²) in [5, 5.41) is 12.1. The summed E-state index contributed by atoms with van der Waals surface area (Å²) in [5.74, 6) is 0.214. The zero-order valence-corrected chi connectivity index (χ0v) is 10.9. The van der Waals surface area contributed by atoms with Crippen LogP contribution in [-0.2, 0) is 4.74 Å². The van der Waals surface area contributed by atoms with Gasteiger partial charge in [0.2, 0.25) is 0 Å². The van der Waals surface area contributed by atoms with E-state index in [1.165, 1.54) is 0 Å². The Bertz CT molecular complexity index is 433. The van der Waals surface area contributed by atoms with Gasteiger partial charge in [-0.3, -0.25) is 0 Å². The zero-order chi connectivity index (χ0) is 13.6. The van der Waals surface area contributed by atoms with Crippen LogP contribution in [0.4, 0.5) is 4.79 Å². The van der Waals surface area contributed by atoms with Gasteiger partial charge in [-0.15, -0.1) is 0 Å². The summed E-state index contributed by atoms with van der Waals surface area (Å²) in [5.41, 5.74) is 0.217. The average molecular weight is 249 g/mol. The molecule has 1 rings (SSSR count). The molecule has 1 aromatic carbocycles. The molecule has 0 heterocycles. The molecule has 0 fully saturated rings. The summed E-state index contributed by atoms with van der Waals surface area (Å²) in [7, 11) is 0. The van der Waals surface area contributed by atoms with Crippen LogP contribution in [0.1, 0.15) is 26.3 Å². The van der Waals surface area contributed by atoms with Gasteiger partial charge in [-0.25, -0.2) is 4.79 Å². The number of carbonyl (C=O) groups excluding carboxylic acids is 1. The second-order valence-electron chi connectivity index (χ2n) is 4.84. The van der Waals surface area contributed by atoms with Crippen LogP contribution in [0.3, 0.4) is 0 Å². The zero-order valence-electron chi connectivity index (χ0n) is 10.9. The largest absolute Gasteiger partial charge is 0.507 e. The minimum Gasteiger partial charge on any atom is -0.507 e. The predicted molar refractivity (Wildman–Crippen MR) is 71.4 cm³/mol. The molecule has 1 aromatic rings. The number of carbonyl (C=O) groups is 1. The average Bonchev–Trinajstić information content (AvgIpc) is 2.24. The van der Waals surface area contributed by atoms with Gasteiger partial charge in [-0.05, 0) is 26.8 Å². The molecule has 0 aliphatic rings. The number of alkyl carbamates (subject to hydrolysis) is 1. The number of phenolic OH excluding ortho intramolecular Hbond substituents is 1. The summed E-state index contributed by atoms with van der Waals surface area (Å²) < 4.78 is 5.08. The van der Waals surface area contributed by atoms with Crippen LogP contribution in [0.2, 0.25) is 0 Å². The Morgan fingerprint density at radius 1 is 1.39 bits per heavy atom. The second-order valence-corrected chi connectivity index (χ2v) is 4.84. The molecule has 0 bridgehead atoms. The molecule has 0 aliphatic carbocycles. The SMILES string of the molecule is CC(C)(C)OC(=O)NCC=Cc1ccccc1O. The molecule has 98 valence electrons. The number of hydrogen-bond donors (Lipinski definition) is 2. The van der Waals surface area contributed by atoms with Gasteiger partial charge in [0.25, 0.3) is 0 Å². The smallest absolute Gasteiger partial charge is 0.407 e. The third kappa shape index (κ3) is 5.39. The van der Waals surface area contributed by atoms with E-state index in [9.17, 15) is 9.90 Å². The van der Waals surface area contributed by atoms with Gasteiger partial charge in [0.15, 0.2) is 0 Å². The van der Waals surface area contributed by atoms with Gasteiger partial charge in [-0.1, -0.05) is 30.4 Å². The van der Waals surface area contributed by atoms with Crippen molar-refractivity contribution in [3.63, 3.8) is 0 Å². The lowest BCUT2D eigenvalue weighted by Crippen LogP contribution is -2.32.